The fourth-order valence-electron chi connectivity index (χ4n) is 1.75. The smallest absolute Gasteiger partial charge is 0.355 e. The van der Waals surface area contributed by atoms with Gasteiger partial charge < -0.3 is 5.11 Å². The zero-order chi connectivity index (χ0) is 9.30. The normalized spacial score (nSPS) is 26.2. The van der Waals surface area contributed by atoms with Gasteiger partial charge in [0.2, 0.25) is 0 Å². The van der Waals surface area contributed by atoms with Crippen molar-refractivity contribution in [3.8, 4) is 0 Å². The number of hydrogen-bond donors (Lipinski definition) is 2. The maximum Gasteiger partial charge on any atom is 0.446 e. The Morgan fingerprint density at radius 1 is 1.58 bits per heavy atom. The third kappa shape index (κ3) is 1.59. The Morgan fingerprint density at radius 2 is 2.17 bits per heavy atom. The molecule has 1 rings (SSSR count). The molecule has 0 aromatic heterocycles. The maximum atomic E-state index is 9.45. The van der Waals surface area contributed by atoms with Gasteiger partial charge in [-0.15, -0.1) is 0 Å². The highest BCUT2D eigenvalue weighted by atomic mass is 16.3. The molecule has 2 N–H and O–H groups in total. The van der Waals surface area contributed by atoms with E-state index in [9.17, 15) is 5.11 Å². The Kier molecular flexibility index (Phi) is 2.69. The van der Waals surface area contributed by atoms with Crippen molar-refractivity contribution in [1.82, 2.24) is 4.90 Å². The largest absolute Gasteiger partial charge is 0.446 e. The number of rotatable bonds is 1. The summed E-state index contributed by atoms with van der Waals surface area (Å²) < 4.78 is 2.06. The van der Waals surface area contributed by atoms with Gasteiger partial charge in [-0.1, -0.05) is 0 Å². The molecule has 1 aliphatic heterocycles. The highest BCUT2D eigenvalue weighted by Crippen LogP contribution is 1.96. The Bertz CT molecular complexity index is 196. The van der Waals surface area contributed by atoms with E-state index in [0.29, 0.717) is 0 Å². The van der Waals surface area contributed by atoms with Crippen LogP contribution in [0.3, 0.4) is 0 Å². The van der Waals surface area contributed by atoms with Gasteiger partial charge in [-0.05, 0) is 0 Å². The van der Waals surface area contributed by atoms with Gasteiger partial charge in [0, 0.05) is 6.92 Å². The number of quaternary nitrogens is 1. The van der Waals surface area contributed by atoms with Crippen LogP contribution in [0.1, 0.15) is 6.92 Å². The summed E-state index contributed by atoms with van der Waals surface area (Å²) >= 11 is 0. The molecule has 0 spiro atoms. The highest BCUT2D eigenvalue weighted by Gasteiger charge is 2.39. The summed E-state index contributed by atoms with van der Waals surface area (Å²) in [5.74, 6) is 1.17. The minimum absolute atomic E-state index is 0.375. The van der Waals surface area contributed by atoms with E-state index in [1.807, 2.05) is 25.9 Å². The highest BCUT2D eigenvalue weighted by molar-refractivity contribution is 5.67. The van der Waals surface area contributed by atoms with Crippen molar-refractivity contribution < 1.29 is 14.6 Å². The molecule has 0 aromatic rings. The Morgan fingerprint density at radius 3 is 2.50 bits per heavy atom. The molecule has 0 radical (unpaired) electrons. The van der Waals surface area contributed by atoms with Crippen LogP contribution in [-0.2, 0) is 0 Å². The second kappa shape index (κ2) is 3.41. The van der Waals surface area contributed by atoms with Crippen LogP contribution in [0.2, 0.25) is 0 Å². The summed E-state index contributed by atoms with van der Waals surface area (Å²) in [5, 5.41) is 9.45. The second-order valence-corrected chi connectivity index (χ2v) is 3.57. The van der Waals surface area contributed by atoms with E-state index in [4.69, 9.17) is 0 Å². The van der Waals surface area contributed by atoms with Crippen LogP contribution < -0.4 is 4.90 Å². The maximum absolute atomic E-state index is 9.45. The number of nitrogens with zero attached hydrogens (tertiary/aromatic N) is 2. The average Bonchev–Trinajstić information content (AvgIpc) is 2.30. The van der Waals surface area contributed by atoms with E-state index in [1.54, 1.807) is 0 Å². The first-order valence-electron chi connectivity index (χ1n) is 4.36. The van der Waals surface area contributed by atoms with E-state index >= 15 is 0 Å². The predicted molar refractivity (Wildman–Crippen MR) is 47.3 cm³/mol. The Balaban J connectivity index is 2.86. The average molecular weight is 173 g/mol. The predicted octanol–water partition coefficient (Wildman–Crippen LogP) is -2.22. The van der Waals surface area contributed by atoms with Gasteiger partial charge in [0.15, 0.2) is 6.23 Å². The number of likely N-dealkylation sites (N-methyl/N-ethyl adjacent to an activating group) is 1. The molecule has 0 aromatic carbocycles. The Hall–Kier alpha value is -0.610. The summed E-state index contributed by atoms with van der Waals surface area (Å²) in [5.41, 5.74) is 0. The van der Waals surface area contributed by atoms with Crippen molar-refractivity contribution in [1.29, 1.82) is 0 Å². The van der Waals surface area contributed by atoms with Crippen molar-refractivity contribution in [2.75, 3.05) is 34.2 Å². The fraction of sp³-hybridized carbons (Fsp3) is 0.875. The molecule has 1 aliphatic rings. The molecule has 1 saturated heterocycles. The molecule has 0 amide bonds. The van der Waals surface area contributed by atoms with E-state index in [-0.39, 0.29) is 6.23 Å². The van der Waals surface area contributed by atoms with Crippen molar-refractivity contribution in [2.45, 2.75) is 13.2 Å². The molecule has 70 valence electrons. The van der Waals surface area contributed by atoms with Crippen molar-refractivity contribution in [2.24, 2.45) is 0 Å². The van der Waals surface area contributed by atoms with Gasteiger partial charge in [-0.3, -0.25) is 0 Å². The van der Waals surface area contributed by atoms with Crippen molar-refractivity contribution in [3.63, 3.8) is 0 Å². The van der Waals surface area contributed by atoms with Crippen LogP contribution >= 0.6 is 0 Å². The van der Waals surface area contributed by atoms with E-state index in [2.05, 4.69) is 11.6 Å². The summed E-state index contributed by atoms with van der Waals surface area (Å²) in [7, 11) is 6.15. The second-order valence-electron chi connectivity index (χ2n) is 3.57. The topological polar surface area (TPSA) is 30.9 Å². The number of guanidine groups is 1. The molecule has 1 fully saturated rings. The molecule has 4 nitrogen and oxygen atoms in total. The molecule has 0 bridgehead atoms. The van der Waals surface area contributed by atoms with Crippen LogP contribution in [0.4, 0.5) is 0 Å². The Labute approximate surface area is 73.7 Å². The summed E-state index contributed by atoms with van der Waals surface area (Å²) in [6.07, 6.45) is -0.375. The SMILES string of the molecule is CC(O)N1CC[NH+](C)C1=[N+](C)C. The third-order valence-electron chi connectivity index (χ3n) is 2.26. The van der Waals surface area contributed by atoms with Crippen LogP contribution in [0.15, 0.2) is 0 Å². The number of hydrogen-bond acceptors (Lipinski definition) is 1. The quantitative estimate of drug-likeness (QED) is 0.440. The third-order valence-corrected chi connectivity index (χ3v) is 2.26. The van der Waals surface area contributed by atoms with Crippen LogP contribution in [-0.4, -0.2) is 61.0 Å². The van der Waals surface area contributed by atoms with Gasteiger partial charge in [0.25, 0.3) is 0 Å². The lowest BCUT2D eigenvalue weighted by atomic mass is 10.5. The lowest BCUT2D eigenvalue weighted by Crippen LogP contribution is -3.11. The number of aliphatic hydroxyl groups excluding tert-OH is 1. The van der Waals surface area contributed by atoms with Crippen LogP contribution in [0, 0.1) is 0 Å². The summed E-state index contributed by atoms with van der Waals surface area (Å²) in [4.78, 5) is 3.39. The molecule has 2 unspecified atom stereocenters. The van der Waals surface area contributed by atoms with E-state index in [0.717, 1.165) is 13.1 Å². The van der Waals surface area contributed by atoms with Gasteiger partial charge >= 0.3 is 5.96 Å². The van der Waals surface area contributed by atoms with Crippen LogP contribution in [0.25, 0.3) is 0 Å². The summed E-state index contributed by atoms with van der Waals surface area (Å²) in [6, 6.07) is 0. The minimum atomic E-state index is -0.375. The fourth-order valence-corrected chi connectivity index (χ4v) is 1.75. The first-order chi connectivity index (χ1) is 5.54. The van der Waals surface area contributed by atoms with Crippen molar-refractivity contribution in [3.05, 3.63) is 0 Å². The monoisotopic (exact) mass is 173 g/mol. The number of aliphatic hydroxyl groups is 1. The molecule has 0 aliphatic carbocycles. The molecular formula is C8H19N3O+2. The van der Waals surface area contributed by atoms with Crippen LogP contribution in [0.5, 0.6) is 0 Å². The van der Waals surface area contributed by atoms with Gasteiger partial charge in [0.1, 0.15) is 13.1 Å². The van der Waals surface area contributed by atoms with E-state index in [1.165, 1.54) is 10.9 Å². The molecule has 2 atom stereocenters. The van der Waals surface area contributed by atoms with Gasteiger partial charge in [-0.2, -0.15) is 4.90 Å². The zero-order valence-corrected chi connectivity index (χ0v) is 8.33. The van der Waals surface area contributed by atoms with E-state index < -0.39 is 0 Å². The first-order valence-corrected chi connectivity index (χ1v) is 4.36. The molecule has 12 heavy (non-hydrogen) atoms. The first kappa shape index (κ1) is 9.48. The zero-order valence-electron chi connectivity index (χ0n) is 8.33. The minimum Gasteiger partial charge on any atom is -0.355 e. The molecule has 1 heterocycles. The summed E-state index contributed by atoms with van der Waals surface area (Å²) in [6.45, 7) is 3.82. The lowest BCUT2D eigenvalue weighted by Gasteiger charge is -2.13. The molecule has 0 saturated carbocycles. The lowest BCUT2D eigenvalue weighted by molar-refractivity contribution is -0.802. The number of nitrogens with one attached hydrogen (secondary N) is 1. The van der Waals surface area contributed by atoms with Crippen molar-refractivity contribution >= 4 is 5.96 Å². The molecule has 4 heteroatoms. The van der Waals surface area contributed by atoms with Gasteiger partial charge in [-0.25, -0.2) is 9.48 Å². The standard InChI is InChI=1S/C8H18N3O/c1-7(12)11-6-5-10(4)8(11)9(2)3/h7,12H,5-6H2,1-4H3/q+1/p+1. The van der Waals surface area contributed by atoms with Gasteiger partial charge in [0.05, 0.1) is 21.1 Å². The molecular weight excluding hydrogens is 154 g/mol.